The van der Waals surface area contributed by atoms with Crippen LogP contribution >= 0.6 is 23.2 Å². The summed E-state index contributed by atoms with van der Waals surface area (Å²) in [6.07, 6.45) is 1.74. The van der Waals surface area contributed by atoms with Crippen LogP contribution < -0.4 is 36.6 Å². The van der Waals surface area contributed by atoms with E-state index < -0.39 is 52.0 Å². The number of carbonyl (C=O) groups excluding carboxylic acids is 2. The van der Waals surface area contributed by atoms with E-state index in [9.17, 15) is 19.5 Å². The second-order valence-corrected chi connectivity index (χ2v) is 17.1. The van der Waals surface area contributed by atoms with Crippen LogP contribution in [0.5, 0.6) is 23.0 Å². The van der Waals surface area contributed by atoms with E-state index >= 15 is 9.59 Å². The predicted molar refractivity (Wildman–Crippen MR) is 239 cm³/mol. The number of rotatable bonds is 10. The Kier molecular flexibility index (Phi) is 10.5. The van der Waals surface area contributed by atoms with E-state index in [1.165, 1.54) is 41.3 Å². The number of aromatic nitrogens is 5. The van der Waals surface area contributed by atoms with Gasteiger partial charge in [-0.05, 0) is 78.4 Å². The molecule has 3 aliphatic rings. The summed E-state index contributed by atoms with van der Waals surface area (Å²) in [5, 5.41) is 12.5. The number of aromatic hydroxyl groups is 1. The Labute approximate surface area is 375 Å². The minimum Gasteiger partial charge on any atom is -0.507 e. The first-order valence-corrected chi connectivity index (χ1v) is 21.2. The number of aryl methyl sites for hydroxylation is 4. The van der Waals surface area contributed by atoms with E-state index in [1.807, 2.05) is 6.08 Å². The third kappa shape index (κ3) is 6.32. The largest absolute Gasteiger partial charge is 0.507 e. The normalized spacial score (nSPS) is 20.2. The number of nitrogens with one attached hydrogen (secondary N) is 1. The number of allylic oxidation sites excluding steroid dienone is 2. The van der Waals surface area contributed by atoms with Crippen molar-refractivity contribution in [2.24, 2.45) is 13.0 Å². The van der Waals surface area contributed by atoms with Gasteiger partial charge in [0.15, 0.2) is 11.5 Å². The molecule has 1 saturated carbocycles. The van der Waals surface area contributed by atoms with Crippen molar-refractivity contribution < 1.29 is 28.9 Å². The number of ether oxygens (including phenoxy) is 3. The summed E-state index contributed by atoms with van der Waals surface area (Å²) in [6, 6.07) is 17.6. The first-order valence-electron chi connectivity index (χ1n) is 20.4. The zero-order valence-electron chi connectivity index (χ0n) is 35.6. The van der Waals surface area contributed by atoms with Gasteiger partial charge in [-0.3, -0.25) is 19.8 Å². The van der Waals surface area contributed by atoms with Gasteiger partial charge in [0.25, 0.3) is 17.4 Å². The molecule has 2 aliphatic heterocycles. The summed E-state index contributed by atoms with van der Waals surface area (Å²) >= 11 is 12.8. The standard InChI is InChI=1S/C46H43Cl2N7O9/c1-23-17-25(18-24(2)40(23)56)39-29-13-16-53-44(60)52(15-14-33-42(58)51(3)36-22-38(64-6)37(63-5)21-34(36)49-33)45(61)55(53)35(29)20-30-41(57)54(50-32-12-9-27(47)19-31(32)48)43(59)46(30,39)26-7-10-28(62-4)11-8-26/h7-13,17-19,21-22,30,35,39,50,56H,14-16,20H2,1-6H3. The van der Waals surface area contributed by atoms with Crippen molar-refractivity contribution in [2.45, 2.75) is 57.2 Å². The van der Waals surface area contributed by atoms with Gasteiger partial charge in [0.2, 0.25) is 0 Å². The van der Waals surface area contributed by atoms with Crippen LogP contribution in [-0.2, 0) is 41.6 Å². The predicted octanol–water partition coefficient (Wildman–Crippen LogP) is 5.57. The van der Waals surface area contributed by atoms with Crippen LogP contribution in [-0.4, -0.2) is 66.7 Å². The molecule has 2 N–H and O–H groups in total. The number of imide groups is 1. The number of phenols is 1. The lowest BCUT2D eigenvalue weighted by Crippen LogP contribution is -2.53. The topological polar surface area (TPSA) is 181 Å². The number of benzene rings is 4. The maximum absolute atomic E-state index is 15.6. The van der Waals surface area contributed by atoms with Gasteiger partial charge in [-0.15, -0.1) is 0 Å². The van der Waals surface area contributed by atoms with Crippen LogP contribution in [0.2, 0.25) is 10.0 Å². The van der Waals surface area contributed by atoms with Gasteiger partial charge >= 0.3 is 11.4 Å². The molecule has 330 valence electrons. The molecule has 0 bridgehead atoms. The summed E-state index contributed by atoms with van der Waals surface area (Å²) in [6.45, 7) is 3.29. The summed E-state index contributed by atoms with van der Waals surface area (Å²) < 4.78 is 21.6. The van der Waals surface area contributed by atoms with Crippen LogP contribution in [0.25, 0.3) is 11.0 Å². The lowest BCUT2D eigenvalue weighted by atomic mass is 9.53. The molecule has 0 radical (unpaired) electrons. The number of hydrazine groups is 1. The molecule has 4 heterocycles. The summed E-state index contributed by atoms with van der Waals surface area (Å²) in [5.74, 6) is -1.70. The minimum absolute atomic E-state index is 0.0368. The molecule has 9 rings (SSSR count). The fourth-order valence-electron chi connectivity index (χ4n) is 9.97. The van der Waals surface area contributed by atoms with Crippen LogP contribution in [0.4, 0.5) is 5.69 Å². The van der Waals surface area contributed by atoms with Crippen molar-refractivity contribution in [3.8, 4) is 23.0 Å². The molecule has 2 fully saturated rings. The van der Waals surface area contributed by atoms with E-state index in [0.29, 0.717) is 61.1 Å². The maximum Gasteiger partial charge on any atom is 0.347 e. The van der Waals surface area contributed by atoms with E-state index in [2.05, 4.69) is 10.4 Å². The van der Waals surface area contributed by atoms with Gasteiger partial charge in [-0.1, -0.05) is 53.5 Å². The number of carbonyl (C=O) groups is 2. The van der Waals surface area contributed by atoms with Crippen molar-refractivity contribution in [3.05, 3.63) is 148 Å². The number of methoxy groups -OCH3 is 3. The molecule has 2 amide bonds. The molecular weight excluding hydrogens is 865 g/mol. The lowest BCUT2D eigenvalue weighted by Gasteiger charge is -2.49. The van der Waals surface area contributed by atoms with Crippen LogP contribution in [0, 0.1) is 19.8 Å². The second kappa shape index (κ2) is 15.8. The zero-order chi connectivity index (χ0) is 45.5. The molecule has 0 spiro atoms. The SMILES string of the molecule is COc1ccc(C23C(=O)N(Nc4ccc(Cl)cc4Cl)C(=O)C2CC2C(=CCn4c(=O)n(CCc5nc6cc(OC)c(OC)cc6n(C)c5=O)c(=O)n42)C3c2cc(C)c(O)c(C)c2)cc1. The Balaban J connectivity index is 1.19. The van der Waals surface area contributed by atoms with Gasteiger partial charge in [0.05, 0.1) is 67.0 Å². The Morgan fingerprint density at radius 3 is 2.22 bits per heavy atom. The molecular formula is C46H43Cl2N7O9. The number of hydrogen-bond donors (Lipinski definition) is 2. The highest BCUT2D eigenvalue weighted by Crippen LogP contribution is 2.62. The van der Waals surface area contributed by atoms with Crippen molar-refractivity contribution in [2.75, 3.05) is 26.8 Å². The van der Waals surface area contributed by atoms with E-state index in [1.54, 1.807) is 81.6 Å². The first kappa shape index (κ1) is 42.5. The number of anilines is 1. The zero-order valence-corrected chi connectivity index (χ0v) is 37.2. The molecule has 16 nitrogen and oxygen atoms in total. The fourth-order valence-corrected chi connectivity index (χ4v) is 10.4. The van der Waals surface area contributed by atoms with Gasteiger partial charge in [-0.2, -0.15) is 5.01 Å². The van der Waals surface area contributed by atoms with E-state index in [0.717, 1.165) is 9.58 Å². The Hall–Kier alpha value is -6.78. The van der Waals surface area contributed by atoms with Crippen molar-refractivity contribution in [3.63, 3.8) is 0 Å². The van der Waals surface area contributed by atoms with Crippen LogP contribution in [0.15, 0.2) is 92.8 Å². The van der Waals surface area contributed by atoms with E-state index in [4.69, 9.17) is 37.4 Å². The summed E-state index contributed by atoms with van der Waals surface area (Å²) in [4.78, 5) is 77.9. The number of halogens is 2. The highest BCUT2D eigenvalue weighted by atomic mass is 35.5. The maximum atomic E-state index is 15.6. The number of hydrogen-bond acceptors (Lipinski definition) is 11. The van der Waals surface area contributed by atoms with Crippen molar-refractivity contribution in [1.82, 2.24) is 28.5 Å². The molecule has 4 unspecified atom stereocenters. The van der Waals surface area contributed by atoms with Crippen molar-refractivity contribution in [1.29, 1.82) is 0 Å². The van der Waals surface area contributed by atoms with Gasteiger partial charge < -0.3 is 23.9 Å². The third-order valence-electron chi connectivity index (χ3n) is 13.0. The van der Waals surface area contributed by atoms with Gasteiger partial charge in [-0.25, -0.2) is 28.5 Å². The molecule has 4 atom stereocenters. The smallest absolute Gasteiger partial charge is 0.347 e. The Morgan fingerprint density at radius 1 is 0.875 bits per heavy atom. The Bertz CT molecular complexity index is 3150. The van der Waals surface area contributed by atoms with Crippen molar-refractivity contribution >= 4 is 51.7 Å². The van der Waals surface area contributed by atoms with Gasteiger partial charge in [0, 0.05) is 43.1 Å². The molecule has 64 heavy (non-hydrogen) atoms. The monoisotopic (exact) mass is 907 g/mol. The van der Waals surface area contributed by atoms with Crippen LogP contribution in [0.1, 0.15) is 46.3 Å². The quantitative estimate of drug-likeness (QED) is 0.130. The highest BCUT2D eigenvalue weighted by Gasteiger charge is 2.69. The molecule has 1 aliphatic carbocycles. The molecule has 4 aromatic carbocycles. The Morgan fingerprint density at radius 2 is 1.56 bits per heavy atom. The molecule has 2 aromatic heterocycles. The number of nitrogens with zero attached hydrogens (tertiary/aromatic N) is 6. The van der Waals surface area contributed by atoms with Crippen LogP contribution in [0.3, 0.4) is 0 Å². The number of phenolic OH excluding ortho intramolecular Hbond substituents is 1. The first-order chi connectivity index (χ1) is 30.6. The van der Waals surface area contributed by atoms with Gasteiger partial charge in [0.1, 0.15) is 17.2 Å². The third-order valence-corrected chi connectivity index (χ3v) is 13.5. The number of fused-ring (bicyclic) bond motifs is 5. The second-order valence-electron chi connectivity index (χ2n) is 16.3. The minimum atomic E-state index is -1.61. The highest BCUT2D eigenvalue weighted by molar-refractivity contribution is 6.36. The average molecular weight is 909 g/mol. The summed E-state index contributed by atoms with van der Waals surface area (Å²) in [5.41, 5.74) is 3.90. The molecule has 18 heteroatoms. The number of amides is 2. The van der Waals surface area contributed by atoms with E-state index in [-0.39, 0.29) is 48.1 Å². The summed E-state index contributed by atoms with van der Waals surface area (Å²) in [7, 11) is 6.12. The lowest BCUT2D eigenvalue weighted by molar-refractivity contribution is -0.138. The molecule has 1 saturated heterocycles. The average Bonchev–Trinajstić information content (AvgIpc) is 3.66. The molecule has 6 aromatic rings. The fraction of sp³-hybridized carbons (Fsp3) is 0.304.